The molecular weight excluding hydrogens is 84.1 g/mol. The zero-order chi connectivity index (χ0) is 6.28. The lowest BCUT2D eigenvalue weighted by Crippen LogP contribution is -1.62. The van der Waals surface area contributed by atoms with Gasteiger partial charge in [-0.25, -0.2) is 0 Å². The molecule has 0 aromatic carbocycles. The average molecular weight is 100 g/mol. The molecule has 0 bridgehead atoms. The van der Waals surface area contributed by atoms with Crippen LogP contribution in [0.15, 0.2) is 0 Å². The summed E-state index contributed by atoms with van der Waals surface area (Å²) in [5.41, 5.74) is 0. The summed E-state index contributed by atoms with van der Waals surface area (Å²) in [4.78, 5) is 0. The zero-order valence-electron chi connectivity index (χ0n) is 6.08. The predicted octanol–water partition coefficient (Wildman–Crippen LogP) is 2.85. The molecule has 0 aliphatic heterocycles. The predicted molar refractivity (Wildman–Crippen MR) is 35.9 cm³/mol. The van der Waals surface area contributed by atoms with E-state index in [0.717, 1.165) is 0 Å². The summed E-state index contributed by atoms with van der Waals surface area (Å²) < 4.78 is 0. The van der Waals surface area contributed by atoms with Crippen LogP contribution in [0.3, 0.4) is 0 Å². The van der Waals surface area contributed by atoms with Gasteiger partial charge < -0.3 is 0 Å². The lowest BCUT2D eigenvalue weighted by Gasteiger charge is -1.78. The molecule has 7 heavy (non-hydrogen) atoms. The van der Waals surface area contributed by atoms with Crippen molar-refractivity contribution >= 4 is 0 Å². The van der Waals surface area contributed by atoms with Crippen LogP contribution < -0.4 is 0 Å². The third-order valence-corrected chi connectivity index (χ3v) is 0. The van der Waals surface area contributed by atoms with E-state index in [-0.39, 0.29) is 0 Å². The minimum Gasteiger partial charge on any atom is -0.0625 e. The van der Waals surface area contributed by atoms with Gasteiger partial charge >= 0.3 is 0 Å². The standard InChI is InChI=1S/C4H9.C3H7/c1-4(2)3;1-3-2/h1-3H3;3H,1-2H3. The molecule has 0 rings (SSSR count). The van der Waals surface area contributed by atoms with Crippen LogP contribution in [0, 0.1) is 12.3 Å². The van der Waals surface area contributed by atoms with Gasteiger partial charge in [-0.2, -0.15) is 0 Å². The summed E-state index contributed by atoms with van der Waals surface area (Å²) in [5, 5.41) is 0. The Balaban J connectivity index is 0. The van der Waals surface area contributed by atoms with Crippen LogP contribution in [0.5, 0.6) is 0 Å². The Hall–Kier alpha value is 0. The monoisotopic (exact) mass is 100 g/mol. The van der Waals surface area contributed by atoms with Crippen molar-refractivity contribution in [1.82, 2.24) is 0 Å². The fraction of sp³-hybridized carbons (Fsp3) is 0.714. The second kappa shape index (κ2) is 9.38. The van der Waals surface area contributed by atoms with Gasteiger partial charge in [-0.3, -0.25) is 0 Å². The van der Waals surface area contributed by atoms with Gasteiger partial charge in [0.25, 0.3) is 0 Å². The van der Waals surface area contributed by atoms with E-state index in [4.69, 9.17) is 0 Å². The fourth-order valence-corrected chi connectivity index (χ4v) is 0. The van der Waals surface area contributed by atoms with Crippen LogP contribution in [-0.2, 0) is 0 Å². The van der Waals surface area contributed by atoms with Crippen molar-refractivity contribution in [2.45, 2.75) is 34.6 Å². The first kappa shape index (κ1) is 10.1. The number of rotatable bonds is 0. The number of hydrogen-bond acceptors (Lipinski definition) is 0. The van der Waals surface area contributed by atoms with Gasteiger partial charge in [-0.15, -0.1) is 0 Å². The maximum atomic E-state index is 2.08. The first-order chi connectivity index (χ1) is 3.15. The van der Waals surface area contributed by atoms with Crippen molar-refractivity contribution < 1.29 is 0 Å². The molecule has 0 fully saturated rings. The van der Waals surface area contributed by atoms with E-state index in [0.29, 0.717) is 0 Å². The van der Waals surface area contributed by atoms with E-state index in [1.807, 2.05) is 20.3 Å². The molecule has 0 spiro atoms. The second-order valence-corrected chi connectivity index (χ2v) is 2.08. The third-order valence-electron chi connectivity index (χ3n) is 0. The fourth-order valence-electron chi connectivity index (χ4n) is 0. The molecule has 0 aliphatic rings. The molecule has 0 saturated carbocycles. The molecule has 44 valence electrons. The molecule has 0 nitrogen and oxygen atoms in total. The Morgan fingerprint density at radius 2 is 1.00 bits per heavy atom. The van der Waals surface area contributed by atoms with Gasteiger partial charge in [0.1, 0.15) is 0 Å². The Morgan fingerprint density at radius 3 is 1.00 bits per heavy atom. The van der Waals surface area contributed by atoms with Crippen LogP contribution in [0.25, 0.3) is 0 Å². The Labute approximate surface area is 47.9 Å². The van der Waals surface area contributed by atoms with E-state index in [1.165, 1.54) is 5.92 Å². The molecule has 0 aliphatic carbocycles. The van der Waals surface area contributed by atoms with Gasteiger partial charge in [0.15, 0.2) is 0 Å². The summed E-state index contributed by atoms with van der Waals surface area (Å²) in [6.45, 7) is 10.3. The maximum absolute atomic E-state index is 2.08. The van der Waals surface area contributed by atoms with Gasteiger partial charge in [-0.1, -0.05) is 34.6 Å². The topological polar surface area (TPSA) is 0 Å². The summed E-state index contributed by atoms with van der Waals surface area (Å²) >= 11 is 0. The molecule has 2 radical (unpaired) electrons. The Morgan fingerprint density at radius 1 is 1.00 bits per heavy atom. The summed E-state index contributed by atoms with van der Waals surface area (Å²) in [7, 11) is 0. The second-order valence-electron chi connectivity index (χ2n) is 2.08. The Bertz CT molecular complexity index is 11.2. The van der Waals surface area contributed by atoms with Gasteiger partial charge in [0, 0.05) is 0 Å². The van der Waals surface area contributed by atoms with Crippen molar-refractivity contribution in [2.24, 2.45) is 0 Å². The maximum Gasteiger partial charge on any atom is -0.0334 e. The highest BCUT2D eigenvalue weighted by Crippen LogP contribution is 1.85. The first-order valence-corrected chi connectivity index (χ1v) is 2.65. The lowest BCUT2D eigenvalue weighted by atomic mass is 10.3. The van der Waals surface area contributed by atoms with Crippen molar-refractivity contribution in [2.75, 3.05) is 0 Å². The highest BCUT2D eigenvalue weighted by molar-refractivity contribution is 4.64. The summed E-state index contributed by atoms with van der Waals surface area (Å²) in [6.07, 6.45) is 2.00. The van der Waals surface area contributed by atoms with Crippen molar-refractivity contribution in [3.05, 3.63) is 12.3 Å². The van der Waals surface area contributed by atoms with Crippen molar-refractivity contribution in [3.63, 3.8) is 0 Å². The summed E-state index contributed by atoms with van der Waals surface area (Å²) in [6, 6.07) is 0. The normalized spacial score (nSPS) is 7.71. The molecule has 0 heterocycles. The molecule has 0 N–H and O–H groups in total. The van der Waals surface area contributed by atoms with Gasteiger partial charge in [0.05, 0.1) is 0 Å². The van der Waals surface area contributed by atoms with E-state index in [1.54, 1.807) is 0 Å². The van der Waals surface area contributed by atoms with Crippen molar-refractivity contribution in [1.29, 1.82) is 0 Å². The first-order valence-electron chi connectivity index (χ1n) is 2.65. The largest absolute Gasteiger partial charge is 0.0625 e. The molecule has 0 atom stereocenters. The molecule has 0 unspecified atom stereocenters. The minimum atomic E-state index is 1.42. The van der Waals surface area contributed by atoms with E-state index in [2.05, 4.69) is 20.8 Å². The molecule has 0 saturated heterocycles. The number of hydrogen-bond donors (Lipinski definition) is 0. The third kappa shape index (κ3) is 0. The summed E-state index contributed by atoms with van der Waals surface area (Å²) in [5.74, 6) is 1.42. The van der Waals surface area contributed by atoms with Gasteiger partial charge in [0.2, 0.25) is 0 Å². The SMILES string of the molecule is C[CH]C.C[C](C)C. The average Bonchev–Trinajstić information content (AvgIpc) is 1.33. The van der Waals surface area contributed by atoms with Crippen molar-refractivity contribution in [3.8, 4) is 0 Å². The smallest absolute Gasteiger partial charge is 0.0334 e. The van der Waals surface area contributed by atoms with Crippen LogP contribution in [0.4, 0.5) is 0 Å². The minimum absolute atomic E-state index is 1.42. The molecule has 0 amide bonds. The Kier molecular flexibility index (Phi) is 13.5. The van der Waals surface area contributed by atoms with Crippen LogP contribution in [-0.4, -0.2) is 0 Å². The molecule has 0 aromatic rings. The van der Waals surface area contributed by atoms with Crippen LogP contribution in [0.1, 0.15) is 34.6 Å². The molecule has 0 heteroatoms. The molecule has 0 aromatic heterocycles. The van der Waals surface area contributed by atoms with E-state index in [9.17, 15) is 0 Å². The highest BCUT2D eigenvalue weighted by atomic mass is 13.7. The van der Waals surface area contributed by atoms with Crippen LogP contribution >= 0.6 is 0 Å². The quantitative estimate of drug-likeness (QED) is 0.439. The highest BCUT2D eigenvalue weighted by Gasteiger charge is 1.69. The van der Waals surface area contributed by atoms with Gasteiger partial charge in [-0.05, 0) is 12.3 Å². The lowest BCUT2D eigenvalue weighted by molar-refractivity contribution is 1.10. The van der Waals surface area contributed by atoms with E-state index < -0.39 is 0 Å². The zero-order valence-corrected chi connectivity index (χ0v) is 6.08. The molecular formula is C7H16. The van der Waals surface area contributed by atoms with Crippen LogP contribution in [0.2, 0.25) is 0 Å². The van der Waals surface area contributed by atoms with E-state index >= 15 is 0 Å².